The zero-order valence-electron chi connectivity index (χ0n) is 23.0. The van der Waals surface area contributed by atoms with Gasteiger partial charge in [-0.2, -0.15) is 32.2 Å². The number of nitrogens with two attached hydrogens (primary N) is 1. The van der Waals surface area contributed by atoms with Crippen LogP contribution in [0.1, 0.15) is 10.4 Å². The highest BCUT2D eigenvalue weighted by Gasteiger charge is 2.24. The third kappa shape index (κ3) is 6.66. The Balaban J connectivity index is 1.39. The summed E-state index contributed by atoms with van der Waals surface area (Å²) in [6.45, 7) is 0. The number of nitrogens with zero attached hydrogens (tertiary/aromatic N) is 4. The van der Waals surface area contributed by atoms with Gasteiger partial charge in [0.1, 0.15) is 26.8 Å². The Hall–Kier alpha value is -5.75. The van der Waals surface area contributed by atoms with Gasteiger partial charge in [-0.3, -0.25) is 9.11 Å². The molecule has 0 radical (unpaired) electrons. The van der Waals surface area contributed by atoms with Crippen molar-refractivity contribution in [1.82, 2.24) is 0 Å². The minimum absolute atomic E-state index is 0.113. The van der Waals surface area contributed by atoms with E-state index in [2.05, 4.69) is 20.5 Å². The van der Waals surface area contributed by atoms with Crippen LogP contribution >= 0.6 is 0 Å². The number of carbonyl (C=O) groups is 1. The van der Waals surface area contributed by atoms with E-state index in [0.29, 0.717) is 5.69 Å². The lowest BCUT2D eigenvalue weighted by Crippen LogP contribution is -2.04. The van der Waals surface area contributed by atoms with E-state index in [4.69, 9.17) is 10.8 Å². The van der Waals surface area contributed by atoms with Gasteiger partial charge < -0.3 is 21.1 Å². The normalized spacial score (nSPS) is 12.3. The summed E-state index contributed by atoms with van der Waals surface area (Å²) in [4.78, 5) is 9.59. The molecule has 0 unspecified atom stereocenters. The lowest BCUT2D eigenvalue weighted by Gasteiger charge is -2.11. The van der Waals surface area contributed by atoms with Crippen molar-refractivity contribution in [3.63, 3.8) is 0 Å². The lowest BCUT2D eigenvalue weighted by molar-refractivity contribution is 0.0693. The number of hydrogen-bond acceptors (Lipinski definition) is 12. The van der Waals surface area contributed by atoms with E-state index >= 15 is 0 Å². The fourth-order valence-electron chi connectivity index (χ4n) is 4.33. The first-order valence-electron chi connectivity index (χ1n) is 12.8. The molecule has 0 bridgehead atoms. The van der Waals surface area contributed by atoms with Gasteiger partial charge in [0.05, 0.1) is 22.7 Å². The van der Waals surface area contributed by atoms with Crippen molar-refractivity contribution < 1.29 is 46.1 Å². The summed E-state index contributed by atoms with van der Waals surface area (Å²) in [5.74, 6) is -2.45. The summed E-state index contributed by atoms with van der Waals surface area (Å²) in [7, 11) is -9.77. The van der Waals surface area contributed by atoms with Crippen molar-refractivity contribution in [3.8, 4) is 22.6 Å². The van der Waals surface area contributed by atoms with Crippen LogP contribution in [0.15, 0.2) is 115 Å². The standard InChI is InChI=1S/C29H21N5O10S2/c30-23-14-21-17(11-25(23)45(39,40)41)12-26(46(42,43)44)27(28(21)36)34-32-19-7-3-16(4-8-19)15-1-5-18(6-2-15)31-33-20-9-10-24(35)22(13-20)29(37)38/h1-14,35-36H,30H2,(H,37,38)(H,39,40,41)(H,42,43,44). The first-order chi connectivity index (χ1) is 21.6. The fraction of sp³-hybridized carbons (Fsp3) is 0. The Morgan fingerprint density at radius 1 is 0.630 bits per heavy atom. The Morgan fingerprint density at radius 3 is 1.63 bits per heavy atom. The van der Waals surface area contributed by atoms with E-state index in [9.17, 15) is 40.9 Å². The number of hydrogen-bond donors (Lipinski definition) is 6. The minimum Gasteiger partial charge on any atom is -0.507 e. The molecule has 0 saturated carbocycles. The largest absolute Gasteiger partial charge is 0.507 e. The molecule has 0 atom stereocenters. The maximum atomic E-state index is 12.1. The summed E-state index contributed by atoms with van der Waals surface area (Å²) in [5.41, 5.74) is 6.83. The molecular weight excluding hydrogens is 642 g/mol. The number of benzene rings is 5. The SMILES string of the molecule is Nc1cc2c(O)c(N=Nc3ccc(-c4ccc(N=Nc5ccc(O)c(C(=O)O)c5)cc4)cc3)c(S(=O)(=O)O)cc2cc1S(=O)(=O)O. The first kappa shape index (κ1) is 31.7. The summed E-state index contributed by atoms with van der Waals surface area (Å²) < 4.78 is 66.6. The van der Waals surface area contributed by atoms with Crippen molar-refractivity contribution in [1.29, 1.82) is 0 Å². The summed E-state index contributed by atoms with van der Waals surface area (Å²) in [5, 5.41) is 45.1. The van der Waals surface area contributed by atoms with Crippen molar-refractivity contribution in [2.45, 2.75) is 9.79 Å². The predicted octanol–water partition coefficient (Wildman–Crippen LogP) is 6.52. The minimum atomic E-state index is -4.99. The molecule has 15 nitrogen and oxygen atoms in total. The van der Waals surface area contributed by atoms with Crippen LogP contribution in [-0.4, -0.2) is 47.2 Å². The van der Waals surface area contributed by atoms with Crippen LogP contribution in [-0.2, 0) is 20.2 Å². The van der Waals surface area contributed by atoms with Crippen molar-refractivity contribution in [2.75, 3.05) is 5.73 Å². The molecule has 0 fully saturated rings. The second kappa shape index (κ2) is 12.0. The number of rotatable bonds is 8. The average molecular weight is 664 g/mol. The Kier molecular flexibility index (Phi) is 8.24. The third-order valence-corrected chi connectivity index (χ3v) is 8.34. The molecule has 5 rings (SSSR count). The van der Waals surface area contributed by atoms with E-state index in [1.54, 1.807) is 48.5 Å². The molecule has 0 aliphatic heterocycles. The maximum absolute atomic E-state index is 12.1. The van der Waals surface area contributed by atoms with Crippen molar-refractivity contribution in [2.24, 2.45) is 20.5 Å². The number of azo groups is 2. The number of aromatic hydroxyl groups is 2. The lowest BCUT2D eigenvalue weighted by atomic mass is 10.1. The number of anilines is 1. The van der Waals surface area contributed by atoms with Crippen molar-refractivity contribution in [3.05, 3.63) is 90.5 Å². The number of phenolic OH excluding ortho intramolecular Hbond substituents is 1. The molecule has 0 spiro atoms. The number of nitrogen functional groups attached to an aromatic ring is 1. The third-order valence-electron chi connectivity index (χ3n) is 6.56. The molecule has 46 heavy (non-hydrogen) atoms. The Bertz CT molecular complexity index is 2310. The summed E-state index contributed by atoms with van der Waals surface area (Å²) in [6, 6.07) is 19.9. The van der Waals surface area contributed by atoms with Crippen LogP contribution < -0.4 is 5.73 Å². The van der Waals surface area contributed by atoms with Crippen molar-refractivity contribution >= 4 is 65.4 Å². The molecule has 0 amide bonds. The summed E-state index contributed by atoms with van der Waals surface area (Å²) >= 11 is 0. The molecule has 5 aromatic carbocycles. The van der Waals surface area contributed by atoms with E-state index in [1.807, 2.05) is 0 Å². The number of carboxylic acid groups (broad SMARTS) is 1. The molecule has 0 aliphatic rings. The van der Waals surface area contributed by atoms with Gasteiger partial charge in [-0.05, 0) is 77.2 Å². The first-order valence-corrected chi connectivity index (χ1v) is 15.6. The van der Waals surface area contributed by atoms with Gasteiger partial charge >= 0.3 is 5.97 Å². The number of fused-ring (bicyclic) bond motifs is 1. The zero-order valence-corrected chi connectivity index (χ0v) is 24.7. The van der Waals surface area contributed by atoms with E-state index in [-0.39, 0.29) is 33.5 Å². The van der Waals surface area contributed by atoms with Gasteiger partial charge in [0, 0.05) is 5.39 Å². The molecule has 17 heteroatoms. The van der Waals surface area contributed by atoms with E-state index in [0.717, 1.165) is 29.3 Å². The monoisotopic (exact) mass is 663 g/mol. The Labute approximate surface area is 260 Å². The number of phenols is 2. The Morgan fingerprint density at radius 2 is 1.11 bits per heavy atom. The van der Waals surface area contributed by atoms with Crippen LogP contribution in [0.2, 0.25) is 0 Å². The summed E-state index contributed by atoms with van der Waals surface area (Å²) in [6.07, 6.45) is 0. The quantitative estimate of drug-likeness (QED) is 0.0591. The molecule has 0 saturated heterocycles. The fourth-order valence-corrected chi connectivity index (χ4v) is 5.62. The van der Waals surface area contributed by atoms with E-state index < -0.39 is 53.1 Å². The number of aromatic carboxylic acids is 1. The second-order valence-corrected chi connectivity index (χ2v) is 12.4. The van der Waals surface area contributed by atoms with Crippen LogP contribution in [0, 0.1) is 0 Å². The highest BCUT2D eigenvalue weighted by molar-refractivity contribution is 7.86. The smallest absolute Gasteiger partial charge is 0.339 e. The van der Waals surface area contributed by atoms with Gasteiger partial charge in [-0.15, -0.1) is 5.11 Å². The maximum Gasteiger partial charge on any atom is 0.339 e. The molecule has 5 aromatic rings. The molecule has 234 valence electrons. The molecule has 0 aromatic heterocycles. The predicted molar refractivity (Wildman–Crippen MR) is 165 cm³/mol. The van der Waals surface area contributed by atoms with Crippen LogP contribution in [0.4, 0.5) is 28.4 Å². The second-order valence-electron chi connectivity index (χ2n) is 9.63. The van der Waals surface area contributed by atoms with Gasteiger partial charge in [-0.25, -0.2) is 4.79 Å². The van der Waals surface area contributed by atoms with Gasteiger partial charge in [0.2, 0.25) is 0 Å². The van der Waals surface area contributed by atoms with Gasteiger partial charge in [-0.1, -0.05) is 24.3 Å². The van der Waals surface area contributed by atoms with Crippen LogP contribution in [0.3, 0.4) is 0 Å². The van der Waals surface area contributed by atoms with Gasteiger partial charge in [0.25, 0.3) is 20.2 Å². The van der Waals surface area contributed by atoms with Crippen LogP contribution in [0.5, 0.6) is 11.5 Å². The number of carboxylic acids is 1. The van der Waals surface area contributed by atoms with Gasteiger partial charge in [0.15, 0.2) is 5.75 Å². The topological polar surface area (TPSA) is 262 Å². The highest BCUT2D eigenvalue weighted by Crippen LogP contribution is 2.43. The molecule has 7 N–H and O–H groups in total. The average Bonchev–Trinajstić information content (AvgIpc) is 2.99. The van der Waals surface area contributed by atoms with Crippen LogP contribution in [0.25, 0.3) is 21.9 Å². The highest BCUT2D eigenvalue weighted by atomic mass is 32.2. The molecular formula is C29H21N5O10S2. The molecule has 0 heterocycles. The molecule has 0 aliphatic carbocycles. The van der Waals surface area contributed by atoms with E-state index in [1.165, 1.54) is 18.2 Å². The zero-order chi connectivity index (χ0) is 33.4.